The molecular formula is C40H84N2O19. The highest BCUT2D eigenvalue weighted by atomic mass is 16.6. The first kappa shape index (κ1) is 60.2. The number of rotatable bonds is 51. The molecule has 0 aromatic carbocycles. The first-order valence-corrected chi connectivity index (χ1v) is 21.8. The minimum atomic E-state index is -1.55. The Hall–Kier alpha value is -0.840. The monoisotopic (exact) mass is 897 g/mol. The van der Waals surface area contributed by atoms with Gasteiger partial charge in [-0.1, -0.05) is 0 Å². The molecular weight excluding hydrogens is 812 g/mol. The number of nitrogens with one attached hydrogen (secondary N) is 1. The zero-order chi connectivity index (χ0) is 44.9. The predicted molar refractivity (Wildman–Crippen MR) is 223 cm³/mol. The molecule has 0 aliphatic heterocycles. The van der Waals surface area contributed by atoms with Crippen LogP contribution in [0.1, 0.15) is 32.1 Å². The number of ether oxygens (including phenoxy) is 11. The molecule has 0 aliphatic carbocycles. The highest BCUT2D eigenvalue weighted by molar-refractivity contribution is 4.82. The van der Waals surface area contributed by atoms with Crippen molar-refractivity contribution in [2.75, 3.05) is 192 Å². The minimum absolute atomic E-state index is 0.130. The highest BCUT2D eigenvalue weighted by Gasteiger charge is 2.30. The zero-order valence-corrected chi connectivity index (χ0v) is 36.8. The predicted octanol–water partition coefficient (Wildman–Crippen LogP) is -3.21. The van der Waals surface area contributed by atoms with E-state index in [9.17, 15) is 30.6 Å². The van der Waals surface area contributed by atoms with E-state index in [0.29, 0.717) is 132 Å². The SMILES string of the molecule is CNCCOCCOCCOCCOCCOCCOCCOCCOCCCCCOCCOCCOCCN(CC(O)C(O)C(O)CCO)CC(O)C(O)C(O)CCO. The average Bonchev–Trinajstić information content (AvgIpc) is 3.25. The van der Waals surface area contributed by atoms with E-state index < -0.39 is 36.6 Å². The second kappa shape index (κ2) is 47.1. The summed E-state index contributed by atoms with van der Waals surface area (Å²) in [6.07, 6.45) is -6.11. The van der Waals surface area contributed by atoms with Gasteiger partial charge in [0.05, 0.1) is 157 Å². The third-order valence-electron chi connectivity index (χ3n) is 8.79. The van der Waals surface area contributed by atoms with Crippen LogP contribution in [0.15, 0.2) is 0 Å². The summed E-state index contributed by atoms with van der Waals surface area (Å²) in [6.45, 7) is 10.6. The van der Waals surface area contributed by atoms with Crippen LogP contribution in [0.5, 0.6) is 0 Å². The molecule has 21 heteroatoms. The first-order valence-electron chi connectivity index (χ1n) is 21.8. The molecule has 0 bridgehead atoms. The van der Waals surface area contributed by atoms with Gasteiger partial charge in [0.25, 0.3) is 0 Å². The molecule has 0 amide bonds. The molecule has 0 aliphatic rings. The van der Waals surface area contributed by atoms with Crippen molar-refractivity contribution in [3.05, 3.63) is 0 Å². The van der Waals surface area contributed by atoms with E-state index in [1.165, 1.54) is 4.90 Å². The van der Waals surface area contributed by atoms with Gasteiger partial charge in [-0.3, -0.25) is 4.90 Å². The number of aliphatic hydroxyl groups is 8. The lowest BCUT2D eigenvalue weighted by molar-refractivity contribution is -0.0945. The van der Waals surface area contributed by atoms with Crippen LogP contribution < -0.4 is 5.32 Å². The van der Waals surface area contributed by atoms with Crippen LogP contribution in [-0.4, -0.2) is 274 Å². The quantitative estimate of drug-likeness (QED) is 0.0272. The molecule has 21 nitrogen and oxygen atoms in total. The molecule has 0 aromatic heterocycles. The largest absolute Gasteiger partial charge is 0.396 e. The van der Waals surface area contributed by atoms with E-state index >= 15 is 0 Å². The molecule has 0 saturated carbocycles. The Balaban J connectivity index is 3.59. The molecule has 61 heavy (non-hydrogen) atoms. The molecule has 0 aromatic rings. The van der Waals surface area contributed by atoms with Crippen molar-refractivity contribution in [3.8, 4) is 0 Å². The summed E-state index contributed by atoms with van der Waals surface area (Å²) in [5, 5.41) is 82.0. The summed E-state index contributed by atoms with van der Waals surface area (Å²) in [5.74, 6) is 0. The molecule has 6 atom stereocenters. The lowest BCUT2D eigenvalue weighted by Crippen LogP contribution is -2.50. The van der Waals surface area contributed by atoms with Gasteiger partial charge in [-0.15, -0.1) is 0 Å². The fourth-order valence-electron chi connectivity index (χ4n) is 5.26. The van der Waals surface area contributed by atoms with Gasteiger partial charge in [-0.05, 0) is 39.2 Å². The Bertz CT molecular complexity index is 838. The smallest absolute Gasteiger partial charge is 0.107 e. The van der Waals surface area contributed by atoms with Crippen molar-refractivity contribution in [2.24, 2.45) is 0 Å². The van der Waals surface area contributed by atoms with Gasteiger partial charge in [0.15, 0.2) is 0 Å². The minimum Gasteiger partial charge on any atom is -0.396 e. The molecule has 0 heterocycles. The van der Waals surface area contributed by atoms with E-state index in [1.54, 1.807) is 0 Å². The molecule has 0 fully saturated rings. The molecule has 0 radical (unpaired) electrons. The van der Waals surface area contributed by atoms with Crippen LogP contribution in [0.2, 0.25) is 0 Å². The Morgan fingerprint density at radius 2 is 0.639 bits per heavy atom. The van der Waals surface area contributed by atoms with Crippen LogP contribution in [0.25, 0.3) is 0 Å². The van der Waals surface area contributed by atoms with Gasteiger partial charge in [0, 0.05) is 52.6 Å². The molecule has 9 N–H and O–H groups in total. The molecule has 6 unspecified atom stereocenters. The molecule has 368 valence electrons. The van der Waals surface area contributed by atoms with Crippen molar-refractivity contribution in [1.82, 2.24) is 10.2 Å². The Morgan fingerprint density at radius 3 is 0.934 bits per heavy atom. The van der Waals surface area contributed by atoms with Crippen molar-refractivity contribution in [2.45, 2.75) is 68.7 Å². The Labute approximate surface area is 363 Å². The summed E-state index contributed by atoms with van der Waals surface area (Å²) < 4.78 is 60.6. The van der Waals surface area contributed by atoms with Gasteiger partial charge >= 0.3 is 0 Å². The maximum absolute atomic E-state index is 10.4. The Kier molecular flexibility index (Phi) is 46.5. The van der Waals surface area contributed by atoms with Crippen LogP contribution in [0, 0.1) is 0 Å². The summed E-state index contributed by atoms with van der Waals surface area (Å²) in [4.78, 5) is 1.51. The number of unbranched alkanes of at least 4 members (excludes halogenated alkanes) is 2. The number of hydrogen-bond acceptors (Lipinski definition) is 21. The van der Waals surface area contributed by atoms with Crippen LogP contribution >= 0.6 is 0 Å². The second-order valence-electron chi connectivity index (χ2n) is 13.9. The zero-order valence-electron chi connectivity index (χ0n) is 36.8. The Morgan fingerprint density at radius 1 is 0.361 bits per heavy atom. The second-order valence-corrected chi connectivity index (χ2v) is 13.9. The maximum atomic E-state index is 10.4. The lowest BCUT2D eigenvalue weighted by atomic mass is 10.0. The van der Waals surface area contributed by atoms with E-state index in [4.69, 9.17) is 62.3 Å². The standard InChI is InChI=1S/C40H84N2O19/c1-41-7-13-53-17-21-57-24-26-59-28-30-61-32-31-60-29-27-58-25-23-56-20-16-52-12-4-2-3-11-51-15-19-55-22-18-54-14-8-42(33-37(47)39(49)35(45)5-9-43)34-38(48)40(50)36(46)6-10-44/h35-41,43-50H,2-34H2,1H3. The van der Waals surface area contributed by atoms with Crippen LogP contribution in [-0.2, 0) is 52.1 Å². The van der Waals surface area contributed by atoms with E-state index in [0.717, 1.165) is 25.8 Å². The van der Waals surface area contributed by atoms with Crippen LogP contribution in [0.4, 0.5) is 0 Å². The van der Waals surface area contributed by atoms with Crippen LogP contribution in [0.3, 0.4) is 0 Å². The first-order chi connectivity index (χ1) is 29.8. The summed E-state index contributed by atoms with van der Waals surface area (Å²) in [5.41, 5.74) is 0. The maximum Gasteiger partial charge on any atom is 0.107 e. The summed E-state index contributed by atoms with van der Waals surface area (Å²) in [6, 6.07) is 0. The number of likely N-dealkylation sites (N-methyl/N-ethyl adjacent to an activating group) is 1. The third kappa shape index (κ3) is 40.4. The number of hydrogen-bond donors (Lipinski definition) is 9. The van der Waals surface area contributed by atoms with Crippen molar-refractivity contribution in [1.29, 1.82) is 0 Å². The summed E-state index contributed by atoms with van der Waals surface area (Å²) in [7, 11) is 1.89. The van der Waals surface area contributed by atoms with Gasteiger partial charge in [0.1, 0.15) is 12.2 Å². The van der Waals surface area contributed by atoms with Gasteiger partial charge in [-0.2, -0.15) is 0 Å². The normalized spacial score (nSPS) is 15.0. The van der Waals surface area contributed by atoms with E-state index in [1.807, 2.05) is 7.05 Å². The number of nitrogens with zero attached hydrogens (tertiary/aromatic N) is 1. The molecule has 0 saturated heterocycles. The van der Waals surface area contributed by atoms with E-state index in [2.05, 4.69) is 5.32 Å². The van der Waals surface area contributed by atoms with Gasteiger partial charge in [-0.25, -0.2) is 0 Å². The van der Waals surface area contributed by atoms with Crippen molar-refractivity contribution >= 4 is 0 Å². The molecule has 0 spiro atoms. The molecule has 0 rings (SSSR count). The van der Waals surface area contributed by atoms with Crippen molar-refractivity contribution < 1.29 is 93.0 Å². The van der Waals surface area contributed by atoms with Gasteiger partial charge in [0.2, 0.25) is 0 Å². The van der Waals surface area contributed by atoms with Gasteiger partial charge < -0.3 is 98.3 Å². The van der Waals surface area contributed by atoms with E-state index in [-0.39, 0.29) is 58.9 Å². The van der Waals surface area contributed by atoms with Crippen molar-refractivity contribution in [3.63, 3.8) is 0 Å². The summed E-state index contributed by atoms with van der Waals surface area (Å²) >= 11 is 0. The average molecular weight is 897 g/mol. The lowest BCUT2D eigenvalue weighted by Gasteiger charge is -2.32. The number of aliphatic hydroxyl groups excluding tert-OH is 8. The third-order valence-corrected chi connectivity index (χ3v) is 8.79. The highest BCUT2D eigenvalue weighted by Crippen LogP contribution is 2.10. The fraction of sp³-hybridized carbons (Fsp3) is 1.00. The fourth-order valence-corrected chi connectivity index (χ4v) is 5.26. The topological polar surface area (TPSA) is 279 Å².